The quantitative estimate of drug-likeness (QED) is 0.799. The van der Waals surface area contributed by atoms with Crippen LogP contribution in [-0.4, -0.2) is 64.0 Å². The van der Waals surface area contributed by atoms with E-state index in [0.717, 1.165) is 32.7 Å². The first kappa shape index (κ1) is 17.7. The van der Waals surface area contributed by atoms with Gasteiger partial charge in [-0.05, 0) is 32.2 Å². The minimum atomic E-state index is -3.80. The van der Waals surface area contributed by atoms with Crippen molar-refractivity contribution in [2.45, 2.75) is 17.9 Å². The summed E-state index contributed by atoms with van der Waals surface area (Å²) in [6, 6.07) is 6.48. The Bertz CT molecular complexity index is 690. The molecule has 3 N–H and O–H groups in total. The summed E-state index contributed by atoms with van der Waals surface area (Å²) in [7, 11) is -1.68. The molecule has 0 saturated carbocycles. The summed E-state index contributed by atoms with van der Waals surface area (Å²) in [6.07, 6.45) is 0. The van der Waals surface area contributed by atoms with Crippen molar-refractivity contribution in [3.63, 3.8) is 0 Å². The summed E-state index contributed by atoms with van der Waals surface area (Å²) >= 11 is 0. The molecule has 1 aliphatic heterocycles. The lowest BCUT2D eigenvalue weighted by atomic mass is 10.1. The molecule has 1 unspecified atom stereocenters. The topological polar surface area (TPSA) is 102 Å². The van der Waals surface area contributed by atoms with Crippen molar-refractivity contribution in [2.24, 2.45) is 5.14 Å². The Kier molecular flexibility index (Phi) is 5.59. The van der Waals surface area contributed by atoms with Gasteiger partial charge in [0, 0.05) is 38.8 Å². The molecule has 0 amide bonds. The van der Waals surface area contributed by atoms with Crippen molar-refractivity contribution < 1.29 is 8.42 Å². The van der Waals surface area contributed by atoms with Crippen LogP contribution in [-0.2, 0) is 10.0 Å². The van der Waals surface area contributed by atoms with E-state index >= 15 is 0 Å². The third-order valence-corrected chi connectivity index (χ3v) is 4.88. The highest BCUT2D eigenvalue weighted by Crippen LogP contribution is 2.20. The Hall–Kier alpha value is -1.66. The van der Waals surface area contributed by atoms with Crippen LogP contribution in [0, 0.1) is 11.3 Å². The predicted molar refractivity (Wildman–Crippen MR) is 89.6 cm³/mol. The number of primary sulfonamides is 1. The molecule has 1 atom stereocenters. The molecule has 2 rings (SSSR count). The van der Waals surface area contributed by atoms with Gasteiger partial charge in [-0.25, -0.2) is 13.6 Å². The van der Waals surface area contributed by atoms with E-state index in [0.29, 0.717) is 5.69 Å². The first-order valence-corrected chi connectivity index (χ1v) is 9.08. The van der Waals surface area contributed by atoms with E-state index in [1.165, 1.54) is 12.1 Å². The van der Waals surface area contributed by atoms with Crippen LogP contribution in [0.4, 0.5) is 5.69 Å². The number of likely N-dealkylation sites (N-methyl/N-ethyl adjacent to an activating group) is 1. The zero-order valence-electron chi connectivity index (χ0n) is 13.5. The molecule has 126 valence electrons. The zero-order chi connectivity index (χ0) is 17.0. The third kappa shape index (κ3) is 4.91. The number of anilines is 1. The van der Waals surface area contributed by atoms with Gasteiger partial charge < -0.3 is 10.2 Å². The van der Waals surface area contributed by atoms with E-state index in [2.05, 4.69) is 22.2 Å². The Morgan fingerprint density at radius 3 is 2.57 bits per heavy atom. The van der Waals surface area contributed by atoms with Crippen LogP contribution in [0.25, 0.3) is 0 Å². The average molecular weight is 337 g/mol. The molecule has 1 aromatic rings. The molecule has 8 heteroatoms. The van der Waals surface area contributed by atoms with Gasteiger partial charge in [0.15, 0.2) is 0 Å². The van der Waals surface area contributed by atoms with E-state index in [-0.39, 0.29) is 16.5 Å². The number of rotatable bonds is 5. The number of hydrogen-bond donors (Lipinski definition) is 2. The molecule has 1 fully saturated rings. The van der Waals surface area contributed by atoms with Gasteiger partial charge in [0.1, 0.15) is 6.07 Å². The lowest BCUT2D eigenvalue weighted by molar-refractivity contribution is 0.151. The summed E-state index contributed by atoms with van der Waals surface area (Å²) < 4.78 is 22.7. The second kappa shape index (κ2) is 7.27. The van der Waals surface area contributed by atoms with E-state index in [4.69, 9.17) is 5.14 Å². The first-order chi connectivity index (χ1) is 10.8. The standard InChI is InChI=1S/C15H23N5O2S/c1-12(11-20-7-5-19(2)6-8-20)18-15-4-3-14(23(17,21)22)9-13(15)10-16/h3-4,9,12,18H,5-8,11H2,1-2H3,(H2,17,21,22). The minimum absolute atomic E-state index is 0.0497. The molecule has 1 aliphatic rings. The molecule has 23 heavy (non-hydrogen) atoms. The van der Waals surface area contributed by atoms with Gasteiger partial charge in [0.05, 0.1) is 16.1 Å². The molecular weight excluding hydrogens is 314 g/mol. The van der Waals surface area contributed by atoms with Gasteiger partial charge in [-0.1, -0.05) is 0 Å². The van der Waals surface area contributed by atoms with Crippen LogP contribution >= 0.6 is 0 Å². The van der Waals surface area contributed by atoms with Crippen LogP contribution in [0.15, 0.2) is 23.1 Å². The maximum atomic E-state index is 11.4. The van der Waals surface area contributed by atoms with Crippen LogP contribution in [0.2, 0.25) is 0 Å². The van der Waals surface area contributed by atoms with Gasteiger partial charge in [-0.2, -0.15) is 5.26 Å². The Morgan fingerprint density at radius 1 is 1.35 bits per heavy atom. The highest BCUT2D eigenvalue weighted by molar-refractivity contribution is 7.89. The lowest BCUT2D eigenvalue weighted by Crippen LogP contribution is -2.47. The van der Waals surface area contributed by atoms with Crippen LogP contribution < -0.4 is 10.5 Å². The highest BCUT2D eigenvalue weighted by Gasteiger charge is 2.17. The monoisotopic (exact) mass is 337 g/mol. The van der Waals surface area contributed by atoms with E-state index in [9.17, 15) is 13.7 Å². The molecule has 0 bridgehead atoms. The average Bonchev–Trinajstić information content (AvgIpc) is 2.49. The summed E-state index contributed by atoms with van der Waals surface area (Å²) in [6.45, 7) is 7.08. The molecule has 1 aromatic carbocycles. The third-order valence-electron chi connectivity index (χ3n) is 3.97. The van der Waals surface area contributed by atoms with Gasteiger partial charge in [0.25, 0.3) is 0 Å². The van der Waals surface area contributed by atoms with Gasteiger partial charge >= 0.3 is 0 Å². The molecule has 1 saturated heterocycles. The normalized spacial score (nSPS) is 18.3. The highest BCUT2D eigenvalue weighted by atomic mass is 32.2. The van der Waals surface area contributed by atoms with Gasteiger partial charge in [0.2, 0.25) is 10.0 Å². The van der Waals surface area contributed by atoms with Crippen molar-refractivity contribution in [2.75, 3.05) is 45.1 Å². The molecule has 0 radical (unpaired) electrons. The first-order valence-electron chi connectivity index (χ1n) is 7.54. The molecule has 0 aromatic heterocycles. The van der Waals surface area contributed by atoms with Crippen LogP contribution in [0.3, 0.4) is 0 Å². The maximum Gasteiger partial charge on any atom is 0.238 e. The summed E-state index contributed by atoms with van der Waals surface area (Å²) in [5, 5.41) is 17.6. The number of nitrogens with one attached hydrogen (secondary N) is 1. The number of sulfonamides is 1. The van der Waals surface area contributed by atoms with Crippen molar-refractivity contribution in [1.29, 1.82) is 5.26 Å². The molecule has 1 heterocycles. The summed E-state index contributed by atoms with van der Waals surface area (Å²) in [5.74, 6) is 0. The Balaban J connectivity index is 2.03. The summed E-state index contributed by atoms with van der Waals surface area (Å²) in [5.41, 5.74) is 0.906. The fourth-order valence-corrected chi connectivity index (χ4v) is 3.19. The van der Waals surface area contributed by atoms with Gasteiger partial charge in [-0.3, -0.25) is 4.90 Å². The Morgan fingerprint density at radius 2 is 2.00 bits per heavy atom. The fourth-order valence-electron chi connectivity index (χ4n) is 2.65. The molecular formula is C15H23N5O2S. The maximum absolute atomic E-state index is 11.4. The second-order valence-corrected chi connectivity index (χ2v) is 7.57. The SMILES string of the molecule is CC(CN1CCN(C)CC1)Nc1ccc(S(N)(=O)=O)cc1C#N. The van der Waals surface area contributed by atoms with Crippen molar-refractivity contribution in [3.8, 4) is 6.07 Å². The van der Waals surface area contributed by atoms with Crippen molar-refractivity contribution in [1.82, 2.24) is 9.80 Å². The molecule has 7 nitrogen and oxygen atoms in total. The fraction of sp³-hybridized carbons (Fsp3) is 0.533. The second-order valence-electron chi connectivity index (χ2n) is 6.01. The van der Waals surface area contributed by atoms with E-state index in [1.807, 2.05) is 13.0 Å². The van der Waals surface area contributed by atoms with Gasteiger partial charge in [-0.15, -0.1) is 0 Å². The number of piperazine rings is 1. The van der Waals surface area contributed by atoms with E-state index in [1.54, 1.807) is 6.07 Å². The molecule has 0 aliphatic carbocycles. The largest absolute Gasteiger partial charge is 0.380 e. The Labute approximate surface area is 137 Å². The van der Waals surface area contributed by atoms with Crippen molar-refractivity contribution in [3.05, 3.63) is 23.8 Å². The minimum Gasteiger partial charge on any atom is -0.380 e. The van der Waals surface area contributed by atoms with Crippen molar-refractivity contribution >= 4 is 15.7 Å². The predicted octanol–water partition coefficient (Wildman–Crippen LogP) is 0.253. The molecule has 0 spiro atoms. The number of hydrogen-bond acceptors (Lipinski definition) is 6. The van der Waals surface area contributed by atoms with Crippen LogP contribution in [0.5, 0.6) is 0 Å². The number of benzene rings is 1. The summed E-state index contributed by atoms with van der Waals surface area (Å²) in [4.78, 5) is 4.63. The number of nitrogens with two attached hydrogens (primary N) is 1. The number of nitriles is 1. The van der Waals surface area contributed by atoms with Crippen LogP contribution in [0.1, 0.15) is 12.5 Å². The lowest BCUT2D eigenvalue weighted by Gasteiger charge is -2.34. The number of nitrogens with zero attached hydrogens (tertiary/aromatic N) is 3. The smallest absolute Gasteiger partial charge is 0.238 e. The van der Waals surface area contributed by atoms with E-state index < -0.39 is 10.0 Å². The zero-order valence-corrected chi connectivity index (χ0v) is 14.3.